The van der Waals surface area contributed by atoms with E-state index in [2.05, 4.69) is 5.32 Å². The summed E-state index contributed by atoms with van der Waals surface area (Å²) in [4.78, 5) is 23.8. The molecule has 0 saturated carbocycles. The van der Waals surface area contributed by atoms with Gasteiger partial charge in [-0.25, -0.2) is 9.59 Å². The van der Waals surface area contributed by atoms with Crippen molar-refractivity contribution in [1.82, 2.24) is 5.32 Å². The number of carbonyl (C=O) groups is 2. The smallest absolute Gasteiger partial charge is 0.412 e. The van der Waals surface area contributed by atoms with E-state index < -0.39 is 17.7 Å². The highest BCUT2D eigenvalue weighted by Gasteiger charge is 2.20. The Kier molecular flexibility index (Phi) is 5.33. The summed E-state index contributed by atoms with van der Waals surface area (Å²) in [6.45, 7) is 6.15. The van der Waals surface area contributed by atoms with Crippen molar-refractivity contribution in [1.29, 1.82) is 0 Å². The molecule has 0 aliphatic carbocycles. The van der Waals surface area contributed by atoms with Gasteiger partial charge in [-0.1, -0.05) is 6.07 Å². The van der Waals surface area contributed by atoms with Crippen LogP contribution in [0.25, 0.3) is 6.08 Å². The van der Waals surface area contributed by atoms with Crippen molar-refractivity contribution in [3.63, 3.8) is 0 Å². The maximum atomic E-state index is 11.9. The number of amides is 1. The number of rotatable bonds is 3. The van der Waals surface area contributed by atoms with Gasteiger partial charge in [-0.15, -0.1) is 0 Å². The average Bonchev–Trinajstić information content (AvgIpc) is 2.51. The molecule has 2 rings (SSSR count). The van der Waals surface area contributed by atoms with E-state index in [1.54, 1.807) is 39.0 Å². The Bertz CT molecular complexity index is 660. The summed E-state index contributed by atoms with van der Waals surface area (Å²) in [5.41, 5.74) is -0.0680. The molecule has 1 N–H and O–H groups in total. The molecule has 1 aromatic rings. The Morgan fingerprint density at radius 3 is 2.46 bits per heavy atom. The molecule has 0 saturated heterocycles. The van der Waals surface area contributed by atoms with E-state index in [0.717, 1.165) is 0 Å². The molecule has 0 atom stereocenters. The maximum Gasteiger partial charge on any atom is 0.412 e. The molecular formula is C17H21NO6. The number of alkyl carbamates (subject to hydrolysis) is 1. The van der Waals surface area contributed by atoms with Crippen LogP contribution in [-0.2, 0) is 14.3 Å². The number of ether oxygens (including phenoxy) is 4. The van der Waals surface area contributed by atoms with Crippen LogP contribution in [0, 0.1) is 0 Å². The fourth-order valence-electron chi connectivity index (χ4n) is 1.99. The first-order chi connectivity index (χ1) is 11.3. The van der Waals surface area contributed by atoms with Crippen molar-refractivity contribution in [2.45, 2.75) is 26.4 Å². The van der Waals surface area contributed by atoms with Crippen LogP contribution in [0.3, 0.4) is 0 Å². The molecule has 0 fully saturated rings. The Morgan fingerprint density at radius 1 is 1.17 bits per heavy atom. The number of methoxy groups -OCH3 is 1. The molecule has 0 aromatic heterocycles. The summed E-state index contributed by atoms with van der Waals surface area (Å²) < 4.78 is 20.8. The van der Waals surface area contributed by atoms with E-state index in [1.165, 1.54) is 13.2 Å². The van der Waals surface area contributed by atoms with Crippen molar-refractivity contribution in [2.24, 2.45) is 0 Å². The summed E-state index contributed by atoms with van der Waals surface area (Å²) in [5.74, 6) is 0.533. The highest BCUT2D eigenvalue weighted by Crippen LogP contribution is 2.31. The van der Waals surface area contributed by atoms with Crippen molar-refractivity contribution >= 4 is 18.1 Å². The standard InChI is InChI=1S/C17H21NO6/c1-17(2,3)24-16(20)18-12(15(19)21-4)9-11-5-6-13-14(10-11)23-8-7-22-13/h5-6,9-10H,7-8H2,1-4H3,(H,18,20)/b12-9-. The Labute approximate surface area is 140 Å². The second-order valence-corrected chi connectivity index (χ2v) is 6.08. The molecule has 1 aliphatic heterocycles. The minimum Gasteiger partial charge on any atom is -0.486 e. The molecule has 130 valence electrons. The van der Waals surface area contributed by atoms with Crippen LogP contribution in [0.4, 0.5) is 4.79 Å². The summed E-state index contributed by atoms with van der Waals surface area (Å²) in [5, 5.41) is 2.41. The van der Waals surface area contributed by atoms with Crippen molar-refractivity contribution < 1.29 is 28.5 Å². The first-order valence-electron chi connectivity index (χ1n) is 7.48. The molecule has 1 aromatic carbocycles. The van der Waals surface area contributed by atoms with Crippen molar-refractivity contribution in [2.75, 3.05) is 20.3 Å². The second kappa shape index (κ2) is 7.25. The Morgan fingerprint density at radius 2 is 1.83 bits per heavy atom. The fourth-order valence-corrected chi connectivity index (χ4v) is 1.99. The van der Waals surface area contributed by atoms with E-state index in [9.17, 15) is 9.59 Å². The number of hydrogen-bond donors (Lipinski definition) is 1. The summed E-state index contributed by atoms with van der Waals surface area (Å²) in [7, 11) is 1.23. The lowest BCUT2D eigenvalue weighted by Crippen LogP contribution is -2.34. The van der Waals surface area contributed by atoms with Gasteiger partial charge >= 0.3 is 12.1 Å². The number of hydrogen-bond acceptors (Lipinski definition) is 6. The van der Waals surface area contributed by atoms with Crippen LogP contribution >= 0.6 is 0 Å². The van der Waals surface area contributed by atoms with Gasteiger partial charge < -0.3 is 18.9 Å². The predicted octanol–water partition coefficient (Wildman–Crippen LogP) is 2.50. The van der Waals surface area contributed by atoms with Gasteiger partial charge in [0.1, 0.15) is 24.5 Å². The highest BCUT2D eigenvalue weighted by molar-refractivity contribution is 5.96. The molecule has 1 aliphatic rings. The zero-order valence-corrected chi connectivity index (χ0v) is 14.2. The number of benzene rings is 1. The third-order valence-electron chi connectivity index (χ3n) is 2.92. The molecule has 24 heavy (non-hydrogen) atoms. The van der Waals surface area contributed by atoms with Gasteiger partial charge in [0.15, 0.2) is 11.5 Å². The molecule has 1 amide bonds. The normalized spacial score (nSPS) is 13.9. The molecule has 7 heteroatoms. The minimum atomic E-state index is -0.739. The monoisotopic (exact) mass is 335 g/mol. The van der Waals surface area contributed by atoms with Gasteiger partial charge in [0.25, 0.3) is 0 Å². The quantitative estimate of drug-likeness (QED) is 0.675. The van der Waals surface area contributed by atoms with Crippen LogP contribution < -0.4 is 14.8 Å². The van der Waals surface area contributed by atoms with Gasteiger partial charge in [-0.3, -0.25) is 5.32 Å². The lowest BCUT2D eigenvalue weighted by Gasteiger charge is -2.20. The molecular weight excluding hydrogens is 314 g/mol. The van der Waals surface area contributed by atoms with Crippen LogP contribution in [0.15, 0.2) is 23.9 Å². The number of esters is 1. The number of fused-ring (bicyclic) bond motifs is 1. The Balaban J connectivity index is 2.22. The van der Waals surface area contributed by atoms with Crippen molar-refractivity contribution in [3.8, 4) is 11.5 Å². The van der Waals surface area contributed by atoms with E-state index in [0.29, 0.717) is 30.3 Å². The summed E-state index contributed by atoms with van der Waals surface area (Å²) >= 11 is 0. The summed E-state index contributed by atoms with van der Waals surface area (Å²) in [6, 6.07) is 5.20. The predicted molar refractivity (Wildman–Crippen MR) is 86.8 cm³/mol. The van der Waals surface area contributed by atoms with Gasteiger partial charge in [0.2, 0.25) is 0 Å². The lowest BCUT2D eigenvalue weighted by atomic mass is 10.1. The van der Waals surface area contributed by atoms with E-state index in [1.807, 2.05) is 0 Å². The maximum absolute atomic E-state index is 11.9. The van der Waals surface area contributed by atoms with E-state index in [-0.39, 0.29) is 5.70 Å². The average molecular weight is 335 g/mol. The molecule has 0 unspecified atom stereocenters. The zero-order chi connectivity index (χ0) is 17.7. The van der Waals surface area contributed by atoms with Crippen molar-refractivity contribution in [3.05, 3.63) is 29.5 Å². The molecule has 0 radical (unpaired) electrons. The minimum absolute atomic E-state index is 0.0385. The van der Waals surface area contributed by atoms with E-state index in [4.69, 9.17) is 18.9 Å². The number of nitrogens with one attached hydrogen (secondary N) is 1. The second-order valence-electron chi connectivity index (χ2n) is 6.08. The number of carbonyl (C=O) groups excluding carboxylic acids is 2. The van der Waals surface area contributed by atoms with Crippen LogP contribution in [0.5, 0.6) is 11.5 Å². The zero-order valence-electron chi connectivity index (χ0n) is 14.2. The van der Waals surface area contributed by atoms with Gasteiger partial charge in [-0.05, 0) is 44.5 Å². The topological polar surface area (TPSA) is 83.1 Å². The third-order valence-corrected chi connectivity index (χ3v) is 2.92. The highest BCUT2D eigenvalue weighted by atomic mass is 16.6. The van der Waals surface area contributed by atoms with Gasteiger partial charge in [-0.2, -0.15) is 0 Å². The largest absolute Gasteiger partial charge is 0.486 e. The van der Waals surface area contributed by atoms with Crippen LogP contribution in [0.2, 0.25) is 0 Å². The van der Waals surface area contributed by atoms with Crippen LogP contribution in [0.1, 0.15) is 26.3 Å². The van der Waals surface area contributed by atoms with Gasteiger partial charge in [0, 0.05) is 0 Å². The summed E-state index contributed by atoms with van der Waals surface area (Å²) in [6.07, 6.45) is 0.741. The molecule has 1 heterocycles. The molecule has 0 spiro atoms. The first kappa shape index (κ1) is 17.7. The lowest BCUT2D eigenvalue weighted by molar-refractivity contribution is -0.136. The fraction of sp³-hybridized carbons (Fsp3) is 0.412. The molecule has 7 nitrogen and oxygen atoms in total. The molecule has 0 bridgehead atoms. The third kappa shape index (κ3) is 4.91. The van der Waals surface area contributed by atoms with Crippen LogP contribution in [-0.4, -0.2) is 38.0 Å². The first-order valence-corrected chi connectivity index (χ1v) is 7.48. The Hall–Kier alpha value is -2.70. The SMILES string of the molecule is COC(=O)/C(=C/c1ccc2c(c1)OCCO2)NC(=O)OC(C)(C)C. The van der Waals surface area contributed by atoms with E-state index >= 15 is 0 Å². The van der Waals surface area contributed by atoms with Gasteiger partial charge in [0.05, 0.1) is 7.11 Å².